The van der Waals surface area contributed by atoms with Crippen LogP contribution in [0.1, 0.15) is 29.7 Å². The highest BCUT2D eigenvalue weighted by molar-refractivity contribution is 5.83. The third-order valence-corrected chi connectivity index (χ3v) is 7.09. The van der Waals surface area contributed by atoms with Crippen LogP contribution >= 0.6 is 0 Å². The molecule has 6 aromatic rings. The molecule has 10 heteroatoms. The Kier molecular flexibility index (Phi) is 7.35. The molecule has 0 aliphatic carbocycles. The maximum absolute atomic E-state index is 11.0. The summed E-state index contributed by atoms with van der Waals surface area (Å²) >= 11 is 0. The summed E-state index contributed by atoms with van der Waals surface area (Å²) in [5.74, 6) is 0.974. The van der Waals surface area contributed by atoms with Crippen LogP contribution < -0.4 is 5.32 Å². The highest BCUT2D eigenvalue weighted by atomic mass is 16.6. The summed E-state index contributed by atoms with van der Waals surface area (Å²) < 4.78 is 1.91. The molecule has 2 N–H and O–H groups in total. The molecule has 0 bridgehead atoms. The summed E-state index contributed by atoms with van der Waals surface area (Å²) in [6.07, 6.45) is 5.26. The van der Waals surface area contributed by atoms with Gasteiger partial charge in [0.25, 0.3) is 0 Å². The van der Waals surface area contributed by atoms with Gasteiger partial charge in [-0.05, 0) is 59.5 Å². The molecule has 0 unspecified atom stereocenters. The van der Waals surface area contributed by atoms with Crippen molar-refractivity contribution in [3.63, 3.8) is 0 Å². The summed E-state index contributed by atoms with van der Waals surface area (Å²) in [5.41, 5.74) is 7.43. The summed E-state index contributed by atoms with van der Waals surface area (Å²) in [4.78, 5) is 29.1. The highest BCUT2D eigenvalue weighted by Crippen LogP contribution is 2.29. The van der Waals surface area contributed by atoms with Gasteiger partial charge in [0.15, 0.2) is 0 Å². The van der Waals surface area contributed by atoms with Gasteiger partial charge in [-0.1, -0.05) is 48.5 Å². The number of benzene rings is 3. The average molecular weight is 558 g/mol. The zero-order chi connectivity index (χ0) is 29.1. The fraction of sp³-hybridized carbons (Fsp3) is 0.125. The Bertz CT molecular complexity index is 1890. The quantitative estimate of drug-likeness (QED) is 0.164. The van der Waals surface area contributed by atoms with Crippen molar-refractivity contribution in [1.29, 1.82) is 0 Å². The van der Waals surface area contributed by atoms with E-state index in [0.29, 0.717) is 23.0 Å². The zero-order valence-electron chi connectivity index (χ0n) is 22.8. The molecule has 0 aliphatic rings. The molecule has 1 atom stereocenters. The van der Waals surface area contributed by atoms with E-state index in [1.807, 2.05) is 90.4 Å². The number of hydrogen-bond acceptors (Lipinski definition) is 8. The normalized spacial score (nSPS) is 11.9. The number of aliphatic hydroxyl groups is 1. The highest BCUT2D eigenvalue weighted by Gasteiger charge is 2.16. The first kappa shape index (κ1) is 26.7. The van der Waals surface area contributed by atoms with Crippen molar-refractivity contribution in [3.8, 4) is 28.2 Å². The van der Waals surface area contributed by atoms with Crippen LogP contribution in [0.3, 0.4) is 0 Å². The second-order valence-corrected chi connectivity index (χ2v) is 9.91. The fourth-order valence-corrected chi connectivity index (χ4v) is 4.97. The Morgan fingerprint density at radius 3 is 2.60 bits per heavy atom. The average Bonchev–Trinajstić information content (AvgIpc) is 3.44. The van der Waals surface area contributed by atoms with E-state index in [4.69, 9.17) is 9.97 Å². The van der Waals surface area contributed by atoms with Gasteiger partial charge in [0.1, 0.15) is 12.1 Å². The number of fused-ring (bicyclic) bond motifs is 1. The molecular weight excluding hydrogens is 530 g/mol. The first-order valence-electron chi connectivity index (χ1n) is 13.4. The number of aliphatic hydroxyl groups excluding tert-OH is 1. The maximum Gasteiger partial charge on any atom is 0.228 e. The molecule has 0 saturated carbocycles. The van der Waals surface area contributed by atoms with Gasteiger partial charge in [0, 0.05) is 34.5 Å². The van der Waals surface area contributed by atoms with E-state index in [1.165, 1.54) is 0 Å². The van der Waals surface area contributed by atoms with Crippen LogP contribution in [0.4, 0.5) is 5.95 Å². The number of nitrogens with one attached hydrogen (secondary N) is 1. The van der Waals surface area contributed by atoms with Gasteiger partial charge in [0.2, 0.25) is 12.5 Å². The Balaban J connectivity index is 1.42. The lowest BCUT2D eigenvalue weighted by Crippen LogP contribution is -2.12. The molecule has 0 amide bonds. The Morgan fingerprint density at radius 2 is 1.79 bits per heavy atom. The number of nitrogens with zero attached hydrogens (tertiary/aromatic N) is 6. The van der Waals surface area contributed by atoms with E-state index >= 15 is 0 Å². The molecule has 3 aromatic heterocycles. The number of aromatic nitrogens is 5. The van der Waals surface area contributed by atoms with Crippen LogP contribution in [-0.2, 0) is 13.2 Å². The lowest BCUT2D eigenvalue weighted by Gasteiger charge is -2.17. The van der Waals surface area contributed by atoms with Gasteiger partial charge in [-0.25, -0.2) is 9.97 Å². The number of imidazole rings is 1. The minimum absolute atomic E-state index is 0.135. The molecule has 6 rings (SSSR count). The summed E-state index contributed by atoms with van der Waals surface area (Å²) in [7, 11) is 0. The van der Waals surface area contributed by atoms with Crippen molar-refractivity contribution >= 4 is 17.0 Å². The molecule has 0 saturated heterocycles. The number of nitro groups is 1. The predicted molar refractivity (Wildman–Crippen MR) is 160 cm³/mol. The first-order chi connectivity index (χ1) is 20.5. The first-order valence-corrected chi connectivity index (χ1v) is 13.4. The van der Waals surface area contributed by atoms with Gasteiger partial charge in [0.05, 0.1) is 29.4 Å². The van der Waals surface area contributed by atoms with Crippen molar-refractivity contribution in [1.82, 2.24) is 24.5 Å². The summed E-state index contributed by atoms with van der Waals surface area (Å²) in [6, 6.07) is 26.5. The predicted octanol–water partition coefficient (Wildman–Crippen LogP) is 5.99. The molecule has 0 fully saturated rings. The molecule has 42 heavy (non-hydrogen) atoms. The summed E-state index contributed by atoms with van der Waals surface area (Å²) in [5, 5.41) is 24.4. The Hall–Kier alpha value is -5.48. The van der Waals surface area contributed by atoms with Crippen LogP contribution in [-0.4, -0.2) is 34.5 Å². The lowest BCUT2D eigenvalue weighted by molar-refractivity contribution is -0.496. The standard InChI is InChI=1S/C32H27N7O3/c1-21(24-7-4-5-22(15-24)18-39(41)42)35-32-36-28(27-8-3-2-6-26(27)19-40)17-31(37-32)38-20-34-29-16-25(9-10-30(29)38)23-11-13-33-14-12-23/h2-17,20-21,40H,18-19H2,1H3,(H,35,36,37)/t21-/m0/s1. The van der Waals surface area contributed by atoms with Crippen molar-refractivity contribution in [2.75, 3.05) is 5.32 Å². The fourth-order valence-electron chi connectivity index (χ4n) is 4.97. The third-order valence-electron chi connectivity index (χ3n) is 7.09. The molecule has 0 aliphatic heterocycles. The molecular formula is C32H27N7O3. The molecule has 10 nitrogen and oxygen atoms in total. The third kappa shape index (κ3) is 5.56. The minimum atomic E-state index is -0.343. The van der Waals surface area contributed by atoms with Gasteiger partial charge in [-0.3, -0.25) is 19.7 Å². The van der Waals surface area contributed by atoms with E-state index in [0.717, 1.165) is 38.9 Å². The largest absolute Gasteiger partial charge is 0.392 e. The van der Waals surface area contributed by atoms with Crippen molar-refractivity contribution in [2.45, 2.75) is 26.1 Å². The second kappa shape index (κ2) is 11.6. The molecule has 3 heterocycles. The molecule has 0 spiro atoms. The van der Waals surface area contributed by atoms with Crippen molar-refractivity contribution in [2.24, 2.45) is 0 Å². The molecule has 208 valence electrons. The number of rotatable bonds is 9. The van der Waals surface area contributed by atoms with Gasteiger partial charge in [-0.2, -0.15) is 4.98 Å². The smallest absolute Gasteiger partial charge is 0.228 e. The van der Waals surface area contributed by atoms with Crippen LogP contribution in [0.15, 0.2) is 104 Å². The monoisotopic (exact) mass is 557 g/mol. The Morgan fingerprint density at radius 1 is 0.952 bits per heavy atom. The van der Waals surface area contributed by atoms with Crippen molar-refractivity contribution in [3.05, 3.63) is 130 Å². The minimum Gasteiger partial charge on any atom is -0.392 e. The zero-order valence-corrected chi connectivity index (χ0v) is 22.8. The van der Waals surface area contributed by atoms with Crippen LogP contribution in [0.5, 0.6) is 0 Å². The van der Waals surface area contributed by atoms with E-state index in [-0.39, 0.29) is 24.1 Å². The Labute approximate surface area is 241 Å². The molecule has 3 aromatic carbocycles. The van der Waals surface area contributed by atoms with Crippen molar-refractivity contribution < 1.29 is 10.0 Å². The van der Waals surface area contributed by atoms with Gasteiger partial charge in [-0.15, -0.1) is 0 Å². The number of pyridine rings is 1. The number of hydrogen-bond donors (Lipinski definition) is 2. The van der Waals surface area contributed by atoms with Gasteiger partial charge < -0.3 is 10.4 Å². The van der Waals surface area contributed by atoms with E-state index in [2.05, 4.69) is 15.3 Å². The van der Waals surface area contributed by atoms with E-state index < -0.39 is 0 Å². The second-order valence-electron chi connectivity index (χ2n) is 9.91. The SMILES string of the molecule is C[C@H](Nc1nc(-c2ccccc2CO)cc(-n2cnc3cc(-c4ccncc4)ccc32)n1)c1cccc(C[N+](=O)[O-])c1. The van der Waals surface area contributed by atoms with Crippen LogP contribution in [0.2, 0.25) is 0 Å². The van der Waals surface area contributed by atoms with Gasteiger partial charge >= 0.3 is 0 Å². The van der Waals surface area contributed by atoms with Crippen LogP contribution in [0, 0.1) is 10.1 Å². The molecule has 0 radical (unpaired) electrons. The lowest BCUT2D eigenvalue weighted by atomic mass is 10.0. The maximum atomic E-state index is 11.0. The topological polar surface area (TPSA) is 132 Å². The summed E-state index contributed by atoms with van der Waals surface area (Å²) in [6.45, 7) is 1.57. The van der Waals surface area contributed by atoms with Crippen LogP contribution in [0.25, 0.3) is 39.2 Å². The van der Waals surface area contributed by atoms with E-state index in [1.54, 1.807) is 24.8 Å². The number of anilines is 1. The van der Waals surface area contributed by atoms with E-state index in [9.17, 15) is 15.2 Å².